The molecular formula is C15H12ClF2NOS. The number of carbonyl (C=O) groups is 1. The van der Waals surface area contributed by atoms with Crippen LogP contribution in [0, 0.1) is 18.6 Å². The summed E-state index contributed by atoms with van der Waals surface area (Å²) in [6.07, 6.45) is 0. The second kappa shape index (κ2) is 6.91. The van der Waals surface area contributed by atoms with Crippen LogP contribution in [0.15, 0.2) is 41.3 Å². The number of thioether (sulfide) groups is 1. The fourth-order valence-corrected chi connectivity index (χ4v) is 2.63. The molecule has 110 valence electrons. The van der Waals surface area contributed by atoms with Crippen molar-refractivity contribution in [3.8, 4) is 0 Å². The standard InChI is InChI=1S/C15H12ClF2NOS/c1-9-2-5-14(11(16)6-9)19-15(20)8-21-10-3-4-12(17)13(18)7-10/h2-7H,8H2,1H3,(H,19,20). The van der Waals surface area contributed by atoms with Crippen molar-refractivity contribution < 1.29 is 13.6 Å². The van der Waals surface area contributed by atoms with Crippen LogP contribution < -0.4 is 5.32 Å². The molecule has 0 aliphatic carbocycles. The van der Waals surface area contributed by atoms with E-state index in [0.717, 1.165) is 29.5 Å². The third kappa shape index (κ3) is 4.44. The van der Waals surface area contributed by atoms with E-state index in [0.29, 0.717) is 15.6 Å². The summed E-state index contributed by atoms with van der Waals surface area (Å²) < 4.78 is 25.8. The first-order valence-corrected chi connectivity index (χ1v) is 7.46. The summed E-state index contributed by atoms with van der Waals surface area (Å²) in [5.41, 5.74) is 1.52. The summed E-state index contributed by atoms with van der Waals surface area (Å²) in [7, 11) is 0. The smallest absolute Gasteiger partial charge is 0.234 e. The Morgan fingerprint density at radius 1 is 1.19 bits per heavy atom. The highest BCUT2D eigenvalue weighted by Crippen LogP contribution is 2.24. The highest BCUT2D eigenvalue weighted by atomic mass is 35.5. The molecule has 2 rings (SSSR count). The molecule has 0 aliphatic heterocycles. The molecular weight excluding hydrogens is 316 g/mol. The number of nitrogens with one attached hydrogen (secondary N) is 1. The van der Waals surface area contributed by atoms with Gasteiger partial charge in [-0.2, -0.15) is 0 Å². The Balaban J connectivity index is 1.94. The first kappa shape index (κ1) is 15.8. The molecule has 0 aromatic heterocycles. The van der Waals surface area contributed by atoms with E-state index in [9.17, 15) is 13.6 Å². The van der Waals surface area contributed by atoms with Crippen LogP contribution in [0.2, 0.25) is 5.02 Å². The van der Waals surface area contributed by atoms with Gasteiger partial charge in [0, 0.05) is 4.90 Å². The third-order valence-electron chi connectivity index (χ3n) is 2.66. The van der Waals surface area contributed by atoms with Crippen LogP contribution in [0.1, 0.15) is 5.56 Å². The van der Waals surface area contributed by atoms with Crippen LogP contribution in [0.4, 0.5) is 14.5 Å². The highest BCUT2D eigenvalue weighted by molar-refractivity contribution is 8.00. The maximum absolute atomic E-state index is 13.0. The predicted molar refractivity (Wildman–Crippen MR) is 81.9 cm³/mol. The van der Waals surface area contributed by atoms with Crippen molar-refractivity contribution >= 4 is 35.0 Å². The average molecular weight is 328 g/mol. The molecule has 0 saturated carbocycles. The van der Waals surface area contributed by atoms with Crippen LogP contribution in [0.5, 0.6) is 0 Å². The van der Waals surface area contributed by atoms with Crippen LogP contribution in [-0.4, -0.2) is 11.7 Å². The quantitative estimate of drug-likeness (QED) is 0.828. The molecule has 0 atom stereocenters. The Labute approximate surface area is 130 Å². The monoisotopic (exact) mass is 327 g/mol. The van der Waals surface area contributed by atoms with Gasteiger partial charge in [0.05, 0.1) is 16.5 Å². The zero-order valence-corrected chi connectivity index (χ0v) is 12.7. The minimum absolute atomic E-state index is 0.0786. The normalized spacial score (nSPS) is 10.5. The second-order valence-corrected chi connectivity index (χ2v) is 5.85. The summed E-state index contributed by atoms with van der Waals surface area (Å²) in [5.74, 6) is -2.03. The maximum Gasteiger partial charge on any atom is 0.234 e. The maximum atomic E-state index is 13.0. The van der Waals surface area contributed by atoms with Crippen molar-refractivity contribution in [3.05, 3.63) is 58.6 Å². The van der Waals surface area contributed by atoms with E-state index in [4.69, 9.17) is 11.6 Å². The number of hydrogen-bond donors (Lipinski definition) is 1. The number of carbonyl (C=O) groups excluding carboxylic acids is 1. The van der Waals surface area contributed by atoms with E-state index in [1.54, 1.807) is 12.1 Å². The van der Waals surface area contributed by atoms with Gasteiger partial charge >= 0.3 is 0 Å². The van der Waals surface area contributed by atoms with Crippen molar-refractivity contribution in [1.29, 1.82) is 0 Å². The van der Waals surface area contributed by atoms with Gasteiger partial charge in [0.25, 0.3) is 0 Å². The fraction of sp³-hybridized carbons (Fsp3) is 0.133. The molecule has 2 nitrogen and oxygen atoms in total. The van der Waals surface area contributed by atoms with E-state index in [2.05, 4.69) is 5.32 Å². The largest absolute Gasteiger partial charge is 0.324 e. The fourth-order valence-electron chi connectivity index (χ4n) is 1.62. The molecule has 6 heteroatoms. The van der Waals surface area contributed by atoms with Crippen molar-refractivity contribution in [3.63, 3.8) is 0 Å². The Hall–Kier alpha value is -1.59. The van der Waals surface area contributed by atoms with Crippen LogP contribution in [0.3, 0.4) is 0 Å². The van der Waals surface area contributed by atoms with Gasteiger partial charge < -0.3 is 5.32 Å². The van der Waals surface area contributed by atoms with Crippen molar-refractivity contribution in [2.75, 3.05) is 11.1 Å². The minimum Gasteiger partial charge on any atom is -0.324 e. The first-order valence-electron chi connectivity index (χ1n) is 6.09. The number of benzene rings is 2. The van der Waals surface area contributed by atoms with Gasteiger partial charge in [-0.15, -0.1) is 11.8 Å². The zero-order chi connectivity index (χ0) is 15.4. The molecule has 0 spiro atoms. The number of aryl methyl sites for hydroxylation is 1. The molecule has 0 saturated heterocycles. The van der Waals surface area contributed by atoms with Crippen molar-refractivity contribution in [2.45, 2.75) is 11.8 Å². The molecule has 1 amide bonds. The summed E-state index contributed by atoms with van der Waals surface area (Å²) in [4.78, 5) is 12.3. The van der Waals surface area contributed by atoms with E-state index in [1.165, 1.54) is 6.07 Å². The van der Waals surface area contributed by atoms with Gasteiger partial charge in [0.15, 0.2) is 11.6 Å². The molecule has 0 bridgehead atoms. The summed E-state index contributed by atoms with van der Waals surface area (Å²) >= 11 is 7.13. The van der Waals surface area contributed by atoms with E-state index in [-0.39, 0.29) is 11.7 Å². The molecule has 0 unspecified atom stereocenters. The Morgan fingerprint density at radius 2 is 1.95 bits per heavy atom. The van der Waals surface area contributed by atoms with Gasteiger partial charge in [-0.3, -0.25) is 4.79 Å². The molecule has 1 N–H and O–H groups in total. The van der Waals surface area contributed by atoms with Gasteiger partial charge in [0.1, 0.15) is 0 Å². The molecule has 0 fully saturated rings. The number of rotatable bonds is 4. The molecule has 21 heavy (non-hydrogen) atoms. The number of anilines is 1. The Bertz CT molecular complexity index is 679. The van der Waals surface area contributed by atoms with Crippen molar-refractivity contribution in [2.24, 2.45) is 0 Å². The van der Waals surface area contributed by atoms with E-state index in [1.807, 2.05) is 13.0 Å². The Kier molecular flexibility index (Phi) is 5.20. The number of hydrogen-bond acceptors (Lipinski definition) is 2. The molecule has 0 heterocycles. The van der Waals surface area contributed by atoms with Gasteiger partial charge in [-0.1, -0.05) is 17.7 Å². The van der Waals surface area contributed by atoms with E-state index < -0.39 is 11.6 Å². The number of amides is 1. The summed E-state index contributed by atoms with van der Waals surface area (Å²) in [6.45, 7) is 1.90. The van der Waals surface area contributed by atoms with E-state index >= 15 is 0 Å². The Morgan fingerprint density at radius 3 is 2.62 bits per heavy atom. The van der Waals surface area contributed by atoms with Crippen LogP contribution in [-0.2, 0) is 4.79 Å². The molecule has 0 radical (unpaired) electrons. The molecule has 2 aromatic rings. The number of halogens is 3. The lowest BCUT2D eigenvalue weighted by atomic mass is 10.2. The van der Waals surface area contributed by atoms with Gasteiger partial charge in [0.2, 0.25) is 5.91 Å². The first-order chi connectivity index (χ1) is 9.95. The summed E-state index contributed by atoms with van der Waals surface area (Å²) in [5, 5.41) is 3.13. The minimum atomic E-state index is -0.929. The zero-order valence-electron chi connectivity index (χ0n) is 11.1. The highest BCUT2D eigenvalue weighted by Gasteiger charge is 2.08. The lowest BCUT2D eigenvalue weighted by Gasteiger charge is -2.08. The average Bonchev–Trinajstić information content (AvgIpc) is 2.43. The topological polar surface area (TPSA) is 29.1 Å². The van der Waals surface area contributed by atoms with Crippen molar-refractivity contribution in [1.82, 2.24) is 0 Å². The second-order valence-electron chi connectivity index (χ2n) is 4.40. The summed E-state index contributed by atoms with van der Waals surface area (Å²) in [6, 6.07) is 8.83. The van der Waals surface area contributed by atoms with Crippen LogP contribution in [0.25, 0.3) is 0 Å². The third-order valence-corrected chi connectivity index (χ3v) is 3.97. The molecule has 2 aromatic carbocycles. The van der Waals surface area contributed by atoms with Crippen LogP contribution >= 0.6 is 23.4 Å². The predicted octanol–water partition coefficient (Wildman–Crippen LogP) is 4.66. The molecule has 0 aliphatic rings. The SMILES string of the molecule is Cc1ccc(NC(=O)CSc2ccc(F)c(F)c2)c(Cl)c1. The lowest BCUT2D eigenvalue weighted by molar-refractivity contribution is -0.113. The lowest BCUT2D eigenvalue weighted by Crippen LogP contribution is -2.14. The van der Waals surface area contributed by atoms with Gasteiger partial charge in [-0.05, 0) is 42.8 Å². The van der Waals surface area contributed by atoms with Gasteiger partial charge in [-0.25, -0.2) is 8.78 Å².